The summed E-state index contributed by atoms with van der Waals surface area (Å²) >= 11 is 1.88. The number of carbonyl (C=O) groups excluding carboxylic acids is 1. The minimum atomic E-state index is 0.281. The number of ketones is 1. The van der Waals surface area contributed by atoms with Crippen LogP contribution in [-0.4, -0.2) is 42.3 Å². The zero-order chi connectivity index (χ0) is 10.3. The van der Waals surface area contributed by atoms with Gasteiger partial charge in [-0.15, -0.1) is 0 Å². The topological polar surface area (TPSA) is 20.3 Å². The molecule has 0 aliphatic carbocycles. The Kier molecular flexibility index (Phi) is 7.38. The van der Waals surface area contributed by atoms with Gasteiger partial charge in [0.25, 0.3) is 0 Å². The van der Waals surface area contributed by atoms with Crippen LogP contribution in [-0.2, 0) is 4.79 Å². The van der Waals surface area contributed by atoms with Crippen molar-refractivity contribution < 1.29 is 4.79 Å². The van der Waals surface area contributed by atoms with Gasteiger partial charge in [-0.05, 0) is 39.3 Å². The zero-order valence-electron chi connectivity index (χ0n) is 9.17. The highest BCUT2D eigenvalue weighted by atomic mass is 32.2. The number of nitrogens with zero attached hydrogens (tertiary/aromatic N) is 1. The number of thioether (sulfide) groups is 1. The minimum Gasteiger partial charge on any atom is -0.303 e. The van der Waals surface area contributed by atoms with E-state index < -0.39 is 0 Å². The van der Waals surface area contributed by atoms with Crippen LogP contribution in [0.5, 0.6) is 0 Å². The third kappa shape index (κ3) is 7.08. The van der Waals surface area contributed by atoms with E-state index >= 15 is 0 Å². The van der Waals surface area contributed by atoms with Gasteiger partial charge in [-0.3, -0.25) is 4.79 Å². The molecular formula is C10H21NOS. The molecule has 0 heterocycles. The van der Waals surface area contributed by atoms with Gasteiger partial charge in [0.2, 0.25) is 0 Å². The van der Waals surface area contributed by atoms with Crippen molar-refractivity contribution in [3.63, 3.8) is 0 Å². The number of hydrogen-bond donors (Lipinski definition) is 0. The predicted octanol–water partition coefficient (Wildman–Crippen LogP) is 2.04. The Morgan fingerprint density at radius 3 is 2.62 bits per heavy atom. The Hall–Kier alpha value is -0.0200. The highest BCUT2D eigenvalue weighted by Gasteiger charge is 2.08. The number of hydrogen-bond acceptors (Lipinski definition) is 3. The van der Waals surface area contributed by atoms with Crippen LogP contribution in [0.15, 0.2) is 0 Å². The van der Waals surface area contributed by atoms with Gasteiger partial charge in [0.15, 0.2) is 0 Å². The van der Waals surface area contributed by atoms with Gasteiger partial charge in [-0.1, -0.05) is 0 Å². The highest BCUT2D eigenvalue weighted by molar-refractivity contribution is 7.98. The van der Waals surface area contributed by atoms with Crippen LogP contribution >= 0.6 is 11.8 Å². The Labute approximate surface area is 86.1 Å². The van der Waals surface area contributed by atoms with Crippen LogP contribution in [0.25, 0.3) is 0 Å². The number of Topliss-reactive ketones (excluding diaryl/α,β-unsaturated/α-hetero) is 1. The van der Waals surface area contributed by atoms with Crippen molar-refractivity contribution in [2.24, 2.45) is 0 Å². The Bertz CT molecular complexity index is 150. The van der Waals surface area contributed by atoms with Gasteiger partial charge in [0, 0.05) is 19.0 Å². The molecule has 2 nitrogen and oxygen atoms in total. The van der Waals surface area contributed by atoms with Crippen molar-refractivity contribution in [1.29, 1.82) is 0 Å². The molecular weight excluding hydrogens is 182 g/mol. The quantitative estimate of drug-likeness (QED) is 0.631. The molecule has 0 saturated heterocycles. The molecule has 0 aromatic rings. The fourth-order valence-electron chi connectivity index (χ4n) is 1.06. The SMILES string of the molecule is CSCCC(C)N(C)CCC(C)=O. The lowest BCUT2D eigenvalue weighted by Crippen LogP contribution is -2.31. The number of carbonyl (C=O) groups is 1. The molecule has 0 rings (SSSR count). The van der Waals surface area contributed by atoms with Crippen molar-refractivity contribution in [3.8, 4) is 0 Å². The molecule has 0 radical (unpaired) electrons. The van der Waals surface area contributed by atoms with Gasteiger partial charge in [-0.25, -0.2) is 0 Å². The Balaban J connectivity index is 3.56. The lowest BCUT2D eigenvalue weighted by molar-refractivity contribution is -0.117. The Morgan fingerprint density at radius 1 is 1.54 bits per heavy atom. The van der Waals surface area contributed by atoms with E-state index in [1.165, 1.54) is 12.2 Å². The molecule has 13 heavy (non-hydrogen) atoms. The van der Waals surface area contributed by atoms with Crippen molar-refractivity contribution in [2.75, 3.05) is 25.6 Å². The molecule has 0 amide bonds. The van der Waals surface area contributed by atoms with Crippen LogP contribution in [0.1, 0.15) is 26.7 Å². The number of rotatable bonds is 7. The predicted molar refractivity (Wildman–Crippen MR) is 60.4 cm³/mol. The molecule has 3 heteroatoms. The first-order valence-electron chi connectivity index (χ1n) is 4.76. The molecule has 0 bridgehead atoms. The second-order valence-corrected chi connectivity index (χ2v) is 4.55. The summed E-state index contributed by atoms with van der Waals surface area (Å²) in [6, 6.07) is 0.590. The van der Waals surface area contributed by atoms with E-state index in [-0.39, 0.29) is 5.78 Å². The molecule has 78 valence electrons. The van der Waals surface area contributed by atoms with Crippen LogP contribution in [0.2, 0.25) is 0 Å². The van der Waals surface area contributed by atoms with E-state index in [2.05, 4.69) is 25.1 Å². The van der Waals surface area contributed by atoms with Crippen molar-refractivity contribution in [1.82, 2.24) is 4.90 Å². The maximum atomic E-state index is 10.8. The third-order valence-corrected chi connectivity index (χ3v) is 2.95. The van der Waals surface area contributed by atoms with E-state index in [1.807, 2.05) is 11.8 Å². The molecule has 0 N–H and O–H groups in total. The maximum absolute atomic E-state index is 10.8. The van der Waals surface area contributed by atoms with Crippen LogP contribution in [0.4, 0.5) is 0 Å². The fourth-order valence-corrected chi connectivity index (χ4v) is 1.64. The van der Waals surface area contributed by atoms with Crippen molar-refractivity contribution >= 4 is 17.5 Å². The lowest BCUT2D eigenvalue weighted by Gasteiger charge is -2.23. The first kappa shape index (κ1) is 13.0. The Morgan fingerprint density at radius 2 is 2.15 bits per heavy atom. The monoisotopic (exact) mass is 203 g/mol. The molecule has 1 unspecified atom stereocenters. The van der Waals surface area contributed by atoms with Gasteiger partial charge in [-0.2, -0.15) is 11.8 Å². The van der Waals surface area contributed by atoms with Crippen LogP contribution < -0.4 is 0 Å². The average Bonchev–Trinajstić information content (AvgIpc) is 2.10. The van der Waals surface area contributed by atoms with E-state index in [9.17, 15) is 4.79 Å². The summed E-state index contributed by atoms with van der Waals surface area (Å²) < 4.78 is 0. The maximum Gasteiger partial charge on any atom is 0.131 e. The summed E-state index contributed by atoms with van der Waals surface area (Å²) in [6.45, 7) is 4.77. The first-order chi connectivity index (χ1) is 6.07. The second-order valence-electron chi connectivity index (χ2n) is 3.56. The summed E-state index contributed by atoms with van der Waals surface area (Å²) in [5.74, 6) is 1.48. The van der Waals surface area contributed by atoms with E-state index in [1.54, 1.807) is 6.92 Å². The molecule has 1 atom stereocenters. The summed E-state index contributed by atoms with van der Waals surface area (Å²) in [7, 11) is 2.09. The van der Waals surface area contributed by atoms with Gasteiger partial charge < -0.3 is 4.90 Å². The molecule has 0 fully saturated rings. The highest BCUT2D eigenvalue weighted by Crippen LogP contribution is 2.06. The van der Waals surface area contributed by atoms with Crippen LogP contribution in [0.3, 0.4) is 0 Å². The van der Waals surface area contributed by atoms with Gasteiger partial charge in [0.1, 0.15) is 5.78 Å². The van der Waals surface area contributed by atoms with Crippen LogP contribution in [0, 0.1) is 0 Å². The summed E-state index contributed by atoms with van der Waals surface area (Å²) in [5, 5.41) is 0. The molecule has 0 spiro atoms. The molecule has 0 saturated carbocycles. The molecule has 0 aromatic carbocycles. The summed E-state index contributed by atoms with van der Waals surface area (Å²) in [6.07, 6.45) is 4.01. The first-order valence-corrected chi connectivity index (χ1v) is 6.16. The standard InChI is InChI=1S/C10H21NOS/c1-9(6-8-13-4)11(3)7-5-10(2)12/h9H,5-8H2,1-4H3. The van der Waals surface area contributed by atoms with Crippen molar-refractivity contribution in [3.05, 3.63) is 0 Å². The smallest absolute Gasteiger partial charge is 0.131 e. The van der Waals surface area contributed by atoms with E-state index in [4.69, 9.17) is 0 Å². The van der Waals surface area contributed by atoms with Gasteiger partial charge >= 0.3 is 0 Å². The lowest BCUT2D eigenvalue weighted by atomic mass is 10.2. The fraction of sp³-hybridized carbons (Fsp3) is 0.900. The summed E-state index contributed by atoms with van der Waals surface area (Å²) in [5.41, 5.74) is 0. The van der Waals surface area contributed by atoms with Gasteiger partial charge in [0.05, 0.1) is 0 Å². The molecule has 0 aliphatic heterocycles. The minimum absolute atomic E-state index is 0.281. The average molecular weight is 203 g/mol. The third-order valence-electron chi connectivity index (χ3n) is 2.31. The van der Waals surface area contributed by atoms with Crippen molar-refractivity contribution in [2.45, 2.75) is 32.7 Å². The molecule has 0 aliphatic rings. The van der Waals surface area contributed by atoms with E-state index in [0.29, 0.717) is 12.5 Å². The van der Waals surface area contributed by atoms with E-state index in [0.717, 1.165) is 6.54 Å². The largest absolute Gasteiger partial charge is 0.303 e. The second kappa shape index (κ2) is 7.39. The molecule has 0 aromatic heterocycles. The normalized spacial score (nSPS) is 13.3. The zero-order valence-corrected chi connectivity index (χ0v) is 9.99. The summed E-state index contributed by atoms with van der Waals surface area (Å²) in [4.78, 5) is 13.0.